The summed E-state index contributed by atoms with van der Waals surface area (Å²) in [5, 5.41) is 0. The van der Waals surface area contributed by atoms with Gasteiger partial charge in [-0.05, 0) is 56.2 Å². The summed E-state index contributed by atoms with van der Waals surface area (Å²) in [6, 6.07) is 4.14. The summed E-state index contributed by atoms with van der Waals surface area (Å²) in [5.74, 6) is 1.15. The molecule has 0 spiro atoms. The predicted octanol–water partition coefficient (Wildman–Crippen LogP) is 5.48. The Bertz CT molecular complexity index is 276. The first-order valence-corrected chi connectivity index (χ1v) is 7.29. The lowest BCUT2D eigenvalue weighted by Crippen LogP contribution is -1.81. The molecule has 1 rings (SSSR count). The van der Waals surface area contributed by atoms with E-state index in [0.29, 0.717) is 0 Å². The summed E-state index contributed by atoms with van der Waals surface area (Å²) in [6.45, 7) is 2.19. The van der Waals surface area contributed by atoms with Crippen molar-refractivity contribution in [1.82, 2.24) is 0 Å². The van der Waals surface area contributed by atoms with E-state index in [4.69, 9.17) is 0 Å². The molecule has 0 aromatic heterocycles. The van der Waals surface area contributed by atoms with Crippen molar-refractivity contribution in [1.29, 1.82) is 0 Å². The summed E-state index contributed by atoms with van der Waals surface area (Å²) < 4.78 is 3.38. The molecule has 0 heterocycles. The Morgan fingerprint density at radius 2 is 1.69 bits per heavy atom. The lowest BCUT2D eigenvalue weighted by Gasteiger charge is -2.06. The van der Waals surface area contributed by atoms with E-state index < -0.39 is 0 Å². The highest BCUT2D eigenvalue weighted by atomic mass is 79.9. The molecule has 4 heteroatoms. The number of benzene rings is 1. The fourth-order valence-electron chi connectivity index (χ4n) is 0.871. The molecule has 0 nitrogen and oxygen atoms in total. The van der Waals surface area contributed by atoms with E-state index in [-0.39, 0.29) is 0 Å². The van der Waals surface area contributed by atoms with Gasteiger partial charge in [-0.2, -0.15) is 0 Å². The second-order valence-corrected chi connectivity index (χ2v) is 6.28. The Morgan fingerprint density at radius 1 is 1.15 bits per heavy atom. The lowest BCUT2D eigenvalue weighted by atomic mass is 10.4. The number of halogens is 3. The molecule has 0 aliphatic carbocycles. The van der Waals surface area contributed by atoms with Gasteiger partial charge in [0, 0.05) is 18.3 Å². The van der Waals surface area contributed by atoms with Gasteiger partial charge in [0.1, 0.15) is 0 Å². The van der Waals surface area contributed by atoms with Crippen molar-refractivity contribution >= 4 is 59.6 Å². The third-order valence-corrected chi connectivity index (χ3v) is 4.99. The van der Waals surface area contributed by atoms with Crippen LogP contribution in [0.2, 0.25) is 0 Å². The van der Waals surface area contributed by atoms with Crippen LogP contribution < -0.4 is 0 Å². The maximum Gasteiger partial charge on any atom is 0.0357 e. The van der Waals surface area contributed by atoms with Gasteiger partial charge < -0.3 is 0 Å². The van der Waals surface area contributed by atoms with Gasteiger partial charge in [-0.3, -0.25) is 0 Å². The minimum absolute atomic E-state index is 1.09. The molecule has 0 fully saturated rings. The highest BCUT2D eigenvalue weighted by Gasteiger charge is 2.06. The van der Waals surface area contributed by atoms with E-state index in [1.54, 1.807) is 0 Å². The smallest absolute Gasteiger partial charge is 0.0357 e. The van der Waals surface area contributed by atoms with Crippen LogP contribution in [0.25, 0.3) is 0 Å². The molecule has 1 aromatic carbocycles. The predicted molar refractivity (Wildman–Crippen MR) is 70.6 cm³/mol. The quantitative estimate of drug-likeness (QED) is 0.618. The van der Waals surface area contributed by atoms with Crippen molar-refractivity contribution in [3.05, 3.63) is 25.6 Å². The summed E-state index contributed by atoms with van der Waals surface area (Å²) in [7, 11) is 0. The Hall–Kier alpha value is 1.01. The fourth-order valence-corrected chi connectivity index (χ4v) is 4.62. The maximum atomic E-state index is 3.55. The summed E-state index contributed by atoms with van der Waals surface area (Å²) in [6.07, 6.45) is 1.19. The zero-order valence-corrected chi connectivity index (χ0v) is 12.7. The van der Waals surface area contributed by atoms with Gasteiger partial charge in [-0.1, -0.05) is 22.9 Å². The van der Waals surface area contributed by atoms with E-state index in [2.05, 4.69) is 66.8 Å². The molecule has 0 aliphatic rings. The van der Waals surface area contributed by atoms with Gasteiger partial charge in [0.05, 0.1) is 0 Å². The zero-order valence-electron chi connectivity index (χ0n) is 7.11. The molecule has 13 heavy (non-hydrogen) atoms. The molecule has 1 aromatic rings. The molecule has 0 unspecified atom stereocenters. The Balaban J connectivity index is 2.92. The highest BCUT2D eigenvalue weighted by molar-refractivity contribution is 9.11. The monoisotopic (exact) mass is 386 g/mol. The van der Waals surface area contributed by atoms with Crippen LogP contribution in [0.1, 0.15) is 13.3 Å². The molecule has 0 atom stereocenters. The Kier molecular flexibility index (Phi) is 5.38. The van der Waals surface area contributed by atoms with Crippen molar-refractivity contribution in [2.24, 2.45) is 0 Å². The number of rotatable bonds is 3. The SMILES string of the molecule is CCCSc1c(Br)cc(Br)cc1Br. The van der Waals surface area contributed by atoms with Gasteiger partial charge >= 0.3 is 0 Å². The van der Waals surface area contributed by atoms with Crippen LogP contribution in [0.15, 0.2) is 30.4 Å². The third kappa shape index (κ3) is 3.57. The minimum atomic E-state index is 1.09. The van der Waals surface area contributed by atoms with Crippen molar-refractivity contribution in [2.75, 3.05) is 5.75 Å². The molecule has 0 radical (unpaired) electrons. The van der Waals surface area contributed by atoms with Crippen molar-refractivity contribution in [3.8, 4) is 0 Å². The van der Waals surface area contributed by atoms with Crippen molar-refractivity contribution in [2.45, 2.75) is 18.2 Å². The van der Waals surface area contributed by atoms with Crippen LogP contribution in [0, 0.1) is 0 Å². The van der Waals surface area contributed by atoms with Gasteiger partial charge in [-0.15, -0.1) is 11.8 Å². The molecule has 0 bridgehead atoms. The maximum absolute atomic E-state index is 3.55. The van der Waals surface area contributed by atoms with Crippen molar-refractivity contribution < 1.29 is 0 Å². The summed E-state index contributed by atoms with van der Waals surface area (Å²) >= 11 is 12.4. The van der Waals surface area contributed by atoms with Crippen LogP contribution in [0.5, 0.6) is 0 Å². The van der Waals surface area contributed by atoms with E-state index >= 15 is 0 Å². The Morgan fingerprint density at radius 3 is 2.15 bits per heavy atom. The second kappa shape index (κ2) is 5.79. The van der Waals surface area contributed by atoms with Crippen LogP contribution in [-0.2, 0) is 0 Å². The minimum Gasteiger partial charge on any atom is -0.124 e. The first-order valence-electron chi connectivity index (χ1n) is 3.92. The van der Waals surface area contributed by atoms with E-state index in [0.717, 1.165) is 19.2 Å². The topological polar surface area (TPSA) is 0 Å². The third-order valence-electron chi connectivity index (χ3n) is 1.41. The van der Waals surface area contributed by atoms with Gasteiger partial charge in [0.25, 0.3) is 0 Å². The van der Waals surface area contributed by atoms with Crippen LogP contribution in [0.3, 0.4) is 0 Å². The molecule has 0 N–H and O–H groups in total. The first-order chi connectivity index (χ1) is 6.15. The Labute approximate surface area is 108 Å². The standard InChI is InChI=1S/C9H9Br3S/c1-2-3-13-9-7(11)4-6(10)5-8(9)12/h4-5H,2-3H2,1H3. The summed E-state index contributed by atoms with van der Waals surface area (Å²) in [4.78, 5) is 1.28. The molecular formula is C9H9Br3S. The zero-order chi connectivity index (χ0) is 9.84. The summed E-state index contributed by atoms with van der Waals surface area (Å²) in [5.41, 5.74) is 0. The van der Waals surface area contributed by atoms with Gasteiger partial charge in [0.15, 0.2) is 0 Å². The molecule has 0 amide bonds. The first kappa shape index (κ1) is 12.1. The largest absolute Gasteiger partial charge is 0.124 e. The van der Waals surface area contributed by atoms with E-state index in [1.165, 1.54) is 11.3 Å². The molecule has 0 saturated heterocycles. The molecular weight excluding hydrogens is 380 g/mol. The van der Waals surface area contributed by atoms with E-state index in [1.807, 2.05) is 11.8 Å². The highest BCUT2D eigenvalue weighted by Crippen LogP contribution is 2.37. The molecule has 0 saturated carbocycles. The van der Waals surface area contributed by atoms with Crippen LogP contribution >= 0.6 is 59.6 Å². The second-order valence-electron chi connectivity index (χ2n) is 2.55. The van der Waals surface area contributed by atoms with Crippen LogP contribution in [0.4, 0.5) is 0 Å². The lowest BCUT2D eigenvalue weighted by molar-refractivity contribution is 1.10. The van der Waals surface area contributed by atoms with Gasteiger partial charge in [0.2, 0.25) is 0 Å². The number of hydrogen-bond donors (Lipinski definition) is 0. The average molecular weight is 389 g/mol. The van der Waals surface area contributed by atoms with Gasteiger partial charge in [-0.25, -0.2) is 0 Å². The normalized spacial score (nSPS) is 10.5. The molecule has 72 valence electrons. The number of thioether (sulfide) groups is 1. The number of hydrogen-bond acceptors (Lipinski definition) is 1. The van der Waals surface area contributed by atoms with Crippen LogP contribution in [-0.4, -0.2) is 5.75 Å². The molecule has 0 aliphatic heterocycles. The average Bonchev–Trinajstić information content (AvgIpc) is 2.02. The van der Waals surface area contributed by atoms with E-state index in [9.17, 15) is 0 Å². The fraction of sp³-hybridized carbons (Fsp3) is 0.333. The van der Waals surface area contributed by atoms with Crippen molar-refractivity contribution in [3.63, 3.8) is 0 Å².